The van der Waals surface area contributed by atoms with Crippen molar-refractivity contribution in [3.05, 3.63) is 59.8 Å². The zero-order chi connectivity index (χ0) is 26.5. The van der Waals surface area contributed by atoms with E-state index in [0.717, 1.165) is 44.6 Å². The highest BCUT2D eigenvalue weighted by Crippen LogP contribution is 2.37. The third-order valence-corrected chi connectivity index (χ3v) is 6.25. The lowest BCUT2D eigenvalue weighted by Gasteiger charge is -2.32. The van der Waals surface area contributed by atoms with E-state index in [1.54, 1.807) is 14.2 Å². The van der Waals surface area contributed by atoms with Gasteiger partial charge in [0.15, 0.2) is 0 Å². The van der Waals surface area contributed by atoms with Crippen LogP contribution in [0.4, 0.5) is 13.2 Å². The number of nitrogens with zero attached hydrogens (tertiary/aromatic N) is 3. The quantitative estimate of drug-likeness (QED) is 0.419. The van der Waals surface area contributed by atoms with Gasteiger partial charge in [0.25, 0.3) is 0 Å². The lowest BCUT2D eigenvalue weighted by molar-refractivity contribution is -0.186. The molecule has 1 aromatic heterocycles. The van der Waals surface area contributed by atoms with E-state index in [1.165, 1.54) is 0 Å². The molecule has 0 N–H and O–H groups in total. The van der Waals surface area contributed by atoms with Gasteiger partial charge < -0.3 is 14.4 Å². The van der Waals surface area contributed by atoms with Crippen molar-refractivity contribution in [3.8, 4) is 28.4 Å². The van der Waals surface area contributed by atoms with Gasteiger partial charge in [0.1, 0.15) is 11.5 Å². The largest absolute Gasteiger partial charge is 0.497 e. The standard InChI is InChI=1S/C25H26F3N3O3.C2H6/c1-16-22(17-12-14-30(15-13-17)24(32)25(26,27)28)29-31(19-6-10-21(34-3)11-7-19)23(16)18-4-8-20(33-2)9-5-18;1-2/h4-11,17H,12-15H2,1-3H3;1-2H3. The van der Waals surface area contributed by atoms with Crippen LogP contribution in [0.2, 0.25) is 0 Å². The molecule has 0 radical (unpaired) electrons. The summed E-state index contributed by atoms with van der Waals surface area (Å²) in [5, 5.41) is 4.92. The van der Waals surface area contributed by atoms with Crippen molar-refractivity contribution in [2.75, 3.05) is 27.3 Å². The average Bonchev–Trinajstić information content (AvgIpc) is 3.26. The number of hydrogen-bond donors (Lipinski definition) is 0. The summed E-state index contributed by atoms with van der Waals surface area (Å²) < 4.78 is 50.9. The molecule has 6 nitrogen and oxygen atoms in total. The third-order valence-electron chi connectivity index (χ3n) is 6.25. The van der Waals surface area contributed by atoms with Crippen LogP contribution in [0.15, 0.2) is 48.5 Å². The highest BCUT2D eigenvalue weighted by atomic mass is 19.4. The van der Waals surface area contributed by atoms with Gasteiger partial charge in [0.05, 0.1) is 31.3 Å². The van der Waals surface area contributed by atoms with Crippen LogP contribution in [-0.2, 0) is 4.79 Å². The van der Waals surface area contributed by atoms with Gasteiger partial charge in [-0.3, -0.25) is 4.79 Å². The van der Waals surface area contributed by atoms with E-state index >= 15 is 0 Å². The Morgan fingerprint density at radius 1 is 0.917 bits per heavy atom. The molecular formula is C27H32F3N3O3. The zero-order valence-corrected chi connectivity index (χ0v) is 21.2. The minimum Gasteiger partial charge on any atom is -0.497 e. The van der Waals surface area contributed by atoms with Crippen LogP contribution in [0.5, 0.6) is 11.5 Å². The summed E-state index contributed by atoms with van der Waals surface area (Å²) in [7, 11) is 3.21. The first-order valence-corrected chi connectivity index (χ1v) is 12.0. The number of ether oxygens (including phenoxy) is 2. The second-order valence-corrected chi connectivity index (χ2v) is 8.26. The fourth-order valence-electron chi connectivity index (χ4n) is 4.43. The van der Waals surface area contributed by atoms with Gasteiger partial charge in [-0.15, -0.1) is 0 Å². The molecule has 2 heterocycles. The van der Waals surface area contributed by atoms with Crippen molar-refractivity contribution in [1.82, 2.24) is 14.7 Å². The molecule has 3 aromatic rings. The molecule has 0 unspecified atom stereocenters. The number of piperidine rings is 1. The SMILES string of the molecule is CC.COc1ccc(-c2c(C)c(C3CCN(C(=O)C(F)(F)F)CC3)nn2-c2ccc(OC)cc2)cc1. The van der Waals surface area contributed by atoms with Crippen molar-refractivity contribution in [3.63, 3.8) is 0 Å². The van der Waals surface area contributed by atoms with Gasteiger partial charge in [-0.25, -0.2) is 4.68 Å². The fraction of sp³-hybridized carbons (Fsp3) is 0.407. The van der Waals surface area contributed by atoms with E-state index in [-0.39, 0.29) is 19.0 Å². The zero-order valence-electron chi connectivity index (χ0n) is 21.2. The molecule has 36 heavy (non-hydrogen) atoms. The maximum absolute atomic E-state index is 12.8. The Morgan fingerprint density at radius 3 is 1.89 bits per heavy atom. The summed E-state index contributed by atoms with van der Waals surface area (Å²) in [5.74, 6) is -0.362. The van der Waals surface area contributed by atoms with Crippen LogP contribution >= 0.6 is 0 Å². The number of alkyl halides is 3. The number of carbonyl (C=O) groups excluding carboxylic acids is 1. The number of likely N-dealkylation sites (tertiary alicyclic amines) is 1. The number of benzene rings is 2. The van der Waals surface area contributed by atoms with Crippen molar-refractivity contribution in [1.29, 1.82) is 0 Å². The van der Waals surface area contributed by atoms with Gasteiger partial charge in [-0.2, -0.15) is 18.3 Å². The maximum atomic E-state index is 12.8. The van der Waals surface area contributed by atoms with Crippen LogP contribution in [-0.4, -0.2) is 54.1 Å². The van der Waals surface area contributed by atoms with Crippen LogP contribution in [0, 0.1) is 6.92 Å². The Bertz CT molecular complexity index is 1150. The highest BCUT2D eigenvalue weighted by molar-refractivity contribution is 5.82. The second-order valence-electron chi connectivity index (χ2n) is 8.26. The number of hydrogen-bond acceptors (Lipinski definition) is 4. The molecule has 1 fully saturated rings. The topological polar surface area (TPSA) is 56.6 Å². The first kappa shape index (κ1) is 27.1. The average molecular weight is 504 g/mol. The molecule has 1 aliphatic heterocycles. The summed E-state index contributed by atoms with van der Waals surface area (Å²) in [6.45, 7) is 6.08. The second kappa shape index (κ2) is 11.5. The minimum absolute atomic E-state index is 0.0474. The van der Waals surface area contributed by atoms with E-state index in [0.29, 0.717) is 12.8 Å². The Morgan fingerprint density at radius 2 is 1.42 bits per heavy atom. The number of aromatic nitrogens is 2. The molecule has 0 saturated carbocycles. The van der Waals surface area contributed by atoms with Crippen molar-refractivity contribution in [2.45, 2.75) is 45.7 Å². The highest BCUT2D eigenvalue weighted by Gasteiger charge is 2.43. The van der Waals surface area contributed by atoms with Crippen LogP contribution in [0.3, 0.4) is 0 Å². The van der Waals surface area contributed by atoms with Crippen LogP contribution < -0.4 is 9.47 Å². The predicted octanol–water partition coefficient (Wildman–Crippen LogP) is 6.16. The number of carbonyl (C=O) groups is 1. The molecule has 1 amide bonds. The van der Waals surface area contributed by atoms with Crippen molar-refractivity contribution >= 4 is 5.91 Å². The summed E-state index contributed by atoms with van der Waals surface area (Å²) >= 11 is 0. The molecule has 0 bridgehead atoms. The van der Waals surface area contributed by atoms with Crippen molar-refractivity contribution in [2.24, 2.45) is 0 Å². The smallest absolute Gasteiger partial charge is 0.471 e. The molecule has 0 spiro atoms. The number of methoxy groups -OCH3 is 2. The van der Waals surface area contributed by atoms with Crippen LogP contribution in [0.1, 0.15) is 43.9 Å². The Kier molecular flexibility index (Phi) is 8.66. The molecule has 1 aliphatic rings. The summed E-state index contributed by atoms with van der Waals surface area (Å²) in [4.78, 5) is 12.5. The maximum Gasteiger partial charge on any atom is 0.471 e. The number of amides is 1. The van der Waals surface area contributed by atoms with Gasteiger partial charge >= 0.3 is 12.1 Å². The predicted molar refractivity (Wildman–Crippen MR) is 133 cm³/mol. The Balaban J connectivity index is 0.00000176. The lowest BCUT2D eigenvalue weighted by atomic mass is 9.90. The third kappa shape index (κ3) is 5.66. The number of rotatable bonds is 5. The molecule has 0 aliphatic carbocycles. The van der Waals surface area contributed by atoms with Gasteiger partial charge in [0, 0.05) is 24.6 Å². The van der Waals surface area contributed by atoms with E-state index in [4.69, 9.17) is 14.6 Å². The van der Waals surface area contributed by atoms with Crippen molar-refractivity contribution < 1.29 is 27.4 Å². The van der Waals surface area contributed by atoms with E-state index in [9.17, 15) is 18.0 Å². The molecule has 0 atom stereocenters. The van der Waals surface area contributed by atoms with Gasteiger partial charge in [-0.05, 0) is 73.9 Å². The van der Waals surface area contributed by atoms with Gasteiger partial charge in [0.2, 0.25) is 0 Å². The summed E-state index contributed by atoms with van der Waals surface area (Å²) in [6, 6.07) is 15.2. The first-order valence-electron chi connectivity index (χ1n) is 12.0. The molecule has 4 rings (SSSR count). The molecule has 1 saturated heterocycles. The molecule has 194 valence electrons. The molecular weight excluding hydrogens is 471 g/mol. The van der Waals surface area contributed by atoms with E-state index < -0.39 is 12.1 Å². The lowest BCUT2D eigenvalue weighted by Crippen LogP contribution is -2.45. The Labute approximate surface area is 209 Å². The summed E-state index contributed by atoms with van der Waals surface area (Å²) in [6.07, 6.45) is -4.01. The Hall–Kier alpha value is -3.49. The van der Waals surface area contributed by atoms with E-state index in [1.807, 2.05) is 74.0 Å². The molecule has 2 aromatic carbocycles. The summed E-state index contributed by atoms with van der Waals surface area (Å²) in [5.41, 5.74) is 4.47. The normalized spacial score (nSPS) is 14.2. The molecule has 9 heteroatoms. The fourth-order valence-corrected chi connectivity index (χ4v) is 4.43. The number of halogens is 3. The minimum atomic E-state index is -4.85. The van der Waals surface area contributed by atoms with E-state index in [2.05, 4.69) is 0 Å². The monoisotopic (exact) mass is 503 g/mol. The van der Waals surface area contributed by atoms with Crippen LogP contribution in [0.25, 0.3) is 16.9 Å². The van der Waals surface area contributed by atoms with Gasteiger partial charge in [-0.1, -0.05) is 13.8 Å². The first-order chi connectivity index (χ1) is 17.2.